The average molecular weight is 1290 g/mol. The van der Waals surface area contributed by atoms with E-state index in [1.54, 1.807) is 61.8 Å². The molecule has 93 heavy (non-hydrogen) atoms. The number of anilines is 3. The average Bonchev–Trinajstić information content (AvgIpc) is 1.61. The fraction of sp³-hybridized carbons (Fsp3) is 0.529. The van der Waals surface area contributed by atoms with Crippen molar-refractivity contribution in [3.05, 3.63) is 124 Å². The highest BCUT2D eigenvalue weighted by atomic mass is 19.1. The van der Waals surface area contributed by atoms with Crippen molar-refractivity contribution in [3.63, 3.8) is 0 Å². The van der Waals surface area contributed by atoms with E-state index in [0.717, 1.165) is 34.2 Å². The molecular formula is C68H87F3N10O12. The van der Waals surface area contributed by atoms with Gasteiger partial charge in [-0.2, -0.15) is 0 Å². The monoisotopic (exact) mass is 1290 g/mol. The van der Waals surface area contributed by atoms with E-state index in [1.165, 1.54) is 43.1 Å². The summed E-state index contributed by atoms with van der Waals surface area (Å²) in [5, 5.41) is 10.7. The molecule has 4 unspecified atom stereocenters. The van der Waals surface area contributed by atoms with E-state index in [1.807, 2.05) is 39.8 Å². The normalized spacial score (nSPS) is 21.8. The van der Waals surface area contributed by atoms with Crippen LogP contribution >= 0.6 is 0 Å². The van der Waals surface area contributed by atoms with Gasteiger partial charge in [-0.3, -0.25) is 43.5 Å². The van der Waals surface area contributed by atoms with Gasteiger partial charge in [0.15, 0.2) is 0 Å². The van der Waals surface area contributed by atoms with Gasteiger partial charge in [-0.15, -0.1) is 0 Å². The Kier molecular flexibility index (Phi) is 21.3. The molecule has 502 valence electrons. The van der Waals surface area contributed by atoms with Crippen LogP contribution in [0.3, 0.4) is 0 Å². The number of hydrogen-bond acceptors (Lipinski definition) is 14. The first-order valence-corrected chi connectivity index (χ1v) is 31.7. The van der Waals surface area contributed by atoms with E-state index < -0.39 is 106 Å². The SMILES string of the molecule is CC(C(=O)NC(C(=O)N1Cc2ccc(NC(=O)CNC(=O)[C@@]3(C)CN(C(=O)CN4CC(C)N(C(=O)OC(C)(C)C)CC4CN4CCOC[C@H]4C)c4cc(Cc5ccc(F)cc5)ccc43)cc2[C@H]1C(=O)Nc1c(F)cccc1F)C1CCOCC1)N(C)C(=O)OC(C)(C)C. The molecule has 8 amide bonds. The molecule has 25 heteroatoms. The molecule has 9 rings (SSSR count). The Hall–Kier alpha value is -8.13. The molecule has 5 heterocycles. The van der Waals surface area contributed by atoms with Gasteiger partial charge in [0.1, 0.15) is 52.5 Å². The van der Waals surface area contributed by atoms with Crippen LogP contribution in [0.2, 0.25) is 0 Å². The number of likely N-dealkylation sites (N-methyl/N-ethyl adjacent to an activating group) is 1. The smallest absolute Gasteiger partial charge is 0.410 e. The third kappa shape index (κ3) is 16.4. The Morgan fingerprint density at radius 1 is 0.774 bits per heavy atom. The lowest BCUT2D eigenvalue weighted by Crippen LogP contribution is -2.64. The van der Waals surface area contributed by atoms with Crippen LogP contribution in [0.1, 0.15) is 116 Å². The first kappa shape index (κ1) is 69.2. The fourth-order valence-electron chi connectivity index (χ4n) is 12.7. The number of hydrogen-bond donors (Lipinski definition) is 4. The summed E-state index contributed by atoms with van der Waals surface area (Å²) in [5.41, 5.74) is -0.379. The van der Waals surface area contributed by atoms with Crippen molar-refractivity contribution in [1.29, 1.82) is 0 Å². The van der Waals surface area contributed by atoms with Gasteiger partial charge in [0.05, 0.1) is 31.7 Å². The van der Waals surface area contributed by atoms with Gasteiger partial charge >= 0.3 is 12.2 Å². The van der Waals surface area contributed by atoms with Crippen molar-refractivity contribution in [3.8, 4) is 0 Å². The summed E-state index contributed by atoms with van der Waals surface area (Å²) >= 11 is 0. The van der Waals surface area contributed by atoms with Crippen LogP contribution in [0.4, 0.5) is 39.8 Å². The molecule has 5 aliphatic rings. The van der Waals surface area contributed by atoms with Crippen molar-refractivity contribution >= 4 is 64.7 Å². The first-order chi connectivity index (χ1) is 43.9. The van der Waals surface area contributed by atoms with Gasteiger partial charge < -0.3 is 54.9 Å². The summed E-state index contributed by atoms with van der Waals surface area (Å²) in [6.07, 6.45) is -0.153. The lowest BCUT2D eigenvalue weighted by Gasteiger charge is -2.47. The third-order valence-electron chi connectivity index (χ3n) is 17.9. The van der Waals surface area contributed by atoms with Crippen LogP contribution in [-0.4, -0.2) is 193 Å². The van der Waals surface area contributed by atoms with E-state index in [9.17, 15) is 33.2 Å². The second-order valence-electron chi connectivity index (χ2n) is 27.3. The van der Waals surface area contributed by atoms with Gasteiger partial charge in [0.2, 0.25) is 29.5 Å². The predicted octanol–water partition coefficient (Wildman–Crippen LogP) is 7.27. The maximum Gasteiger partial charge on any atom is 0.410 e. The number of morpholine rings is 1. The van der Waals surface area contributed by atoms with Crippen LogP contribution in [0.25, 0.3) is 0 Å². The molecule has 0 radical (unpaired) electrons. The highest BCUT2D eigenvalue weighted by Gasteiger charge is 2.49. The minimum Gasteiger partial charge on any atom is -0.444 e. The van der Waals surface area contributed by atoms with Crippen LogP contribution in [-0.2, 0) is 66.1 Å². The molecule has 3 saturated heterocycles. The highest BCUT2D eigenvalue weighted by molar-refractivity contribution is 6.05. The molecule has 0 aromatic heterocycles. The number of carbonyl (C=O) groups is 8. The summed E-state index contributed by atoms with van der Waals surface area (Å²) in [4.78, 5) is 125. The summed E-state index contributed by atoms with van der Waals surface area (Å²) in [6.45, 7) is 20.2. The maximum absolute atomic E-state index is 15.2. The van der Waals surface area contributed by atoms with Gasteiger partial charge in [-0.05, 0) is 165 Å². The lowest BCUT2D eigenvalue weighted by atomic mass is 9.83. The van der Waals surface area contributed by atoms with Crippen LogP contribution < -0.4 is 26.2 Å². The Bertz CT molecular complexity index is 3450. The standard InChI is InChI=1S/C68H87F3N10O12/c1-40-33-78(49(35-77-25-28-91-38-41(77)2)36-79(40)65(89)93-67(7,8)9)37-56(83)81-39-68(10,51-22-17-44(30-54(51)81)29-43-15-19-47(69)20-16-43)63(87)72-32-55(82)73-48-21-18-46-34-80(59(50(46)31-48)61(85)75-58-52(70)13-12-14-53(58)71)62(86)57(45-23-26-90-27-24-45)74-60(84)42(3)76(11)64(88)92-66(4,5)6/h12-22,30-31,40-42,45,49,57,59H,23-29,32-39H2,1-11H3,(H,72,87)(H,73,82)(H,74,84)(H,75,85)/t40?,41-,42?,49?,57?,59+,68+/m1/s1. The summed E-state index contributed by atoms with van der Waals surface area (Å²) in [6, 6.07) is 14.7. The van der Waals surface area contributed by atoms with E-state index in [4.69, 9.17) is 18.9 Å². The van der Waals surface area contributed by atoms with E-state index >= 15 is 18.4 Å². The number of rotatable bonds is 17. The van der Waals surface area contributed by atoms with Crippen molar-refractivity contribution in [2.45, 2.75) is 148 Å². The number of nitrogens with zero attached hydrogens (tertiary/aromatic N) is 6. The number of amides is 8. The molecule has 0 bridgehead atoms. The van der Waals surface area contributed by atoms with Crippen molar-refractivity contribution in [2.75, 3.05) is 94.8 Å². The summed E-state index contributed by atoms with van der Waals surface area (Å²) < 4.78 is 67.2. The largest absolute Gasteiger partial charge is 0.444 e. The molecule has 4 aromatic rings. The van der Waals surface area contributed by atoms with Gasteiger partial charge in [-0.25, -0.2) is 22.8 Å². The molecule has 4 N–H and O–H groups in total. The number of ether oxygens (including phenoxy) is 4. The molecule has 3 fully saturated rings. The number of halogens is 3. The fourth-order valence-corrected chi connectivity index (χ4v) is 12.7. The summed E-state index contributed by atoms with van der Waals surface area (Å²) in [5.74, 6) is -7.02. The van der Waals surface area contributed by atoms with E-state index in [0.29, 0.717) is 75.5 Å². The topological polar surface area (TPSA) is 241 Å². The molecule has 4 aromatic carbocycles. The Balaban J connectivity index is 0.947. The number of carbonyl (C=O) groups excluding carboxylic acids is 8. The zero-order chi connectivity index (χ0) is 67.4. The predicted molar refractivity (Wildman–Crippen MR) is 340 cm³/mol. The molecule has 7 atom stereocenters. The molecule has 0 saturated carbocycles. The number of piperazine rings is 1. The minimum absolute atomic E-state index is 0.0611. The number of benzene rings is 4. The zero-order valence-electron chi connectivity index (χ0n) is 54.9. The molecule has 0 spiro atoms. The second-order valence-corrected chi connectivity index (χ2v) is 27.3. The Labute approximate surface area is 541 Å². The van der Waals surface area contributed by atoms with Gasteiger partial charge in [0, 0.05) is 89.0 Å². The molecule has 5 aliphatic heterocycles. The van der Waals surface area contributed by atoms with Gasteiger partial charge in [-0.1, -0.05) is 36.4 Å². The quantitative estimate of drug-likeness (QED) is 0.0813. The lowest BCUT2D eigenvalue weighted by molar-refractivity contribution is -0.144. The Morgan fingerprint density at radius 3 is 2.12 bits per heavy atom. The molecular weight excluding hydrogens is 1210 g/mol. The minimum atomic E-state index is -1.57. The Morgan fingerprint density at radius 2 is 1.45 bits per heavy atom. The second kappa shape index (κ2) is 28.6. The number of nitrogens with one attached hydrogen (secondary N) is 4. The van der Waals surface area contributed by atoms with Crippen molar-refractivity contribution in [2.24, 2.45) is 5.92 Å². The zero-order valence-corrected chi connectivity index (χ0v) is 54.9. The summed E-state index contributed by atoms with van der Waals surface area (Å²) in [7, 11) is 1.39. The molecule has 22 nitrogen and oxygen atoms in total. The van der Waals surface area contributed by atoms with Crippen LogP contribution in [0.15, 0.2) is 78.9 Å². The van der Waals surface area contributed by atoms with Gasteiger partial charge in [0.25, 0.3) is 5.91 Å². The first-order valence-electron chi connectivity index (χ1n) is 31.7. The maximum atomic E-state index is 15.2. The van der Waals surface area contributed by atoms with Crippen molar-refractivity contribution in [1.82, 2.24) is 35.1 Å². The number of para-hydroxylation sites is 1. The van der Waals surface area contributed by atoms with E-state index in [-0.39, 0.29) is 73.9 Å². The van der Waals surface area contributed by atoms with Crippen molar-refractivity contribution < 1.29 is 70.5 Å². The highest BCUT2D eigenvalue weighted by Crippen LogP contribution is 2.43. The van der Waals surface area contributed by atoms with Crippen LogP contribution in [0, 0.1) is 23.4 Å². The number of fused-ring (bicyclic) bond motifs is 2. The van der Waals surface area contributed by atoms with Crippen LogP contribution in [0.5, 0.6) is 0 Å². The molecule has 0 aliphatic carbocycles. The third-order valence-corrected chi connectivity index (χ3v) is 17.9. The van der Waals surface area contributed by atoms with E-state index in [2.05, 4.69) is 38.0 Å².